The maximum atomic E-state index is 2.47. The minimum atomic E-state index is 1.15. The molecular weight excluding hydrogens is 699 g/mol. The van der Waals surface area contributed by atoms with Crippen molar-refractivity contribution in [3.63, 3.8) is 0 Å². The second-order valence-corrected chi connectivity index (χ2v) is 16.0. The summed E-state index contributed by atoms with van der Waals surface area (Å²) in [5, 5.41) is 12.8. The lowest BCUT2D eigenvalue weighted by molar-refractivity contribution is 1.16. The Labute approximate surface area is 325 Å². The number of rotatable bonds is 3. The van der Waals surface area contributed by atoms with E-state index in [0.717, 1.165) is 5.69 Å². The number of nitrogens with zero attached hydrogens (tertiary/aromatic N) is 3. The van der Waals surface area contributed by atoms with Gasteiger partial charge in [0, 0.05) is 69.6 Å². The molecule has 0 aliphatic rings. The number of thiophene rings is 1. The third-order valence-corrected chi connectivity index (χ3v) is 13.2. The summed E-state index contributed by atoms with van der Waals surface area (Å²) in [5.41, 5.74) is 10.8. The molecule has 0 radical (unpaired) electrons. The minimum Gasteiger partial charge on any atom is -0.309 e. The van der Waals surface area contributed by atoms with Gasteiger partial charge in [-0.2, -0.15) is 0 Å². The van der Waals surface area contributed by atoms with E-state index in [-0.39, 0.29) is 0 Å². The highest BCUT2D eigenvalue weighted by molar-refractivity contribution is 7.26. The van der Waals surface area contributed by atoms with Crippen molar-refractivity contribution in [1.29, 1.82) is 0 Å². The molecule has 0 bridgehead atoms. The van der Waals surface area contributed by atoms with Crippen molar-refractivity contribution in [3.05, 3.63) is 188 Å². The second-order valence-electron chi connectivity index (χ2n) is 14.9. The van der Waals surface area contributed by atoms with Crippen molar-refractivity contribution in [2.75, 3.05) is 0 Å². The molecule has 0 saturated carbocycles. The average molecular weight is 730 g/mol. The summed E-state index contributed by atoms with van der Waals surface area (Å²) < 4.78 is 10.0. The van der Waals surface area contributed by atoms with E-state index in [0.29, 0.717) is 0 Å². The monoisotopic (exact) mass is 729 g/mol. The summed E-state index contributed by atoms with van der Waals surface area (Å²) in [6.45, 7) is 0. The number of hydrogen-bond donors (Lipinski definition) is 0. The van der Waals surface area contributed by atoms with Crippen LogP contribution in [0.4, 0.5) is 0 Å². The van der Waals surface area contributed by atoms with Crippen molar-refractivity contribution in [2.24, 2.45) is 0 Å². The first kappa shape index (κ1) is 30.2. The molecule has 0 spiro atoms. The predicted octanol–water partition coefficient (Wildman–Crippen LogP) is 14.5. The lowest BCUT2D eigenvalue weighted by Gasteiger charge is -2.12. The van der Waals surface area contributed by atoms with E-state index in [1.807, 2.05) is 11.3 Å². The fourth-order valence-electron chi connectivity index (χ4n) is 9.59. The van der Waals surface area contributed by atoms with Gasteiger partial charge in [-0.15, -0.1) is 11.3 Å². The molecule has 9 aromatic carbocycles. The van der Waals surface area contributed by atoms with Gasteiger partial charge in [0.1, 0.15) is 0 Å². The van der Waals surface area contributed by atoms with Crippen LogP contribution in [0.25, 0.3) is 113 Å². The molecule has 0 N–H and O–H groups in total. The first-order valence-electron chi connectivity index (χ1n) is 19.2. The van der Waals surface area contributed by atoms with E-state index in [1.54, 1.807) is 0 Å². The molecule has 0 saturated heterocycles. The molecule has 56 heavy (non-hydrogen) atoms. The van der Waals surface area contributed by atoms with Crippen LogP contribution in [0.2, 0.25) is 0 Å². The summed E-state index contributed by atoms with van der Waals surface area (Å²) in [7, 11) is 0. The molecule has 0 aliphatic heterocycles. The van der Waals surface area contributed by atoms with Gasteiger partial charge in [0.2, 0.25) is 0 Å². The van der Waals surface area contributed by atoms with Crippen LogP contribution in [0.1, 0.15) is 0 Å². The van der Waals surface area contributed by atoms with Crippen molar-refractivity contribution in [2.45, 2.75) is 0 Å². The van der Waals surface area contributed by atoms with Gasteiger partial charge < -0.3 is 13.7 Å². The summed E-state index contributed by atoms with van der Waals surface area (Å²) in [5.74, 6) is 0. The number of fused-ring (bicyclic) bond motifs is 14. The van der Waals surface area contributed by atoms with Gasteiger partial charge in [-0.05, 0) is 89.6 Å². The third kappa shape index (κ3) is 4.06. The molecule has 0 fully saturated rings. The van der Waals surface area contributed by atoms with Gasteiger partial charge in [0.05, 0.1) is 33.1 Å². The van der Waals surface area contributed by atoms with E-state index >= 15 is 0 Å². The molecule has 0 unspecified atom stereocenters. The Morgan fingerprint density at radius 1 is 0.286 bits per heavy atom. The van der Waals surface area contributed by atoms with E-state index < -0.39 is 0 Å². The van der Waals surface area contributed by atoms with Crippen molar-refractivity contribution >= 4 is 108 Å². The van der Waals surface area contributed by atoms with Crippen molar-refractivity contribution < 1.29 is 0 Å². The molecule has 260 valence electrons. The van der Waals surface area contributed by atoms with Crippen LogP contribution >= 0.6 is 11.3 Å². The fourth-order valence-corrected chi connectivity index (χ4v) is 10.8. The van der Waals surface area contributed by atoms with Crippen LogP contribution in [0.5, 0.6) is 0 Å². The van der Waals surface area contributed by atoms with Crippen LogP contribution < -0.4 is 0 Å². The van der Waals surface area contributed by atoms with Gasteiger partial charge in [-0.3, -0.25) is 0 Å². The maximum absolute atomic E-state index is 2.47. The summed E-state index contributed by atoms with van der Waals surface area (Å²) in [6, 6.07) is 69.4. The zero-order chi connectivity index (χ0) is 36.5. The zero-order valence-corrected chi connectivity index (χ0v) is 31.0. The minimum absolute atomic E-state index is 1.15. The highest BCUT2D eigenvalue weighted by atomic mass is 32.1. The first-order valence-corrected chi connectivity index (χ1v) is 20.0. The molecular formula is C52H31N3S. The van der Waals surface area contributed by atoms with Crippen molar-refractivity contribution in [3.8, 4) is 17.1 Å². The van der Waals surface area contributed by atoms with Crippen molar-refractivity contribution in [1.82, 2.24) is 13.7 Å². The van der Waals surface area contributed by atoms with Gasteiger partial charge in [0.25, 0.3) is 0 Å². The highest BCUT2D eigenvalue weighted by Gasteiger charge is 2.20. The number of para-hydroxylation sites is 3. The Kier molecular flexibility index (Phi) is 6.04. The molecule has 0 atom stereocenters. The van der Waals surface area contributed by atoms with Gasteiger partial charge in [-0.25, -0.2) is 0 Å². The van der Waals surface area contributed by atoms with E-state index in [9.17, 15) is 0 Å². The largest absolute Gasteiger partial charge is 0.309 e. The van der Waals surface area contributed by atoms with Crippen LogP contribution in [-0.2, 0) is 0 Å². The standard InChI is InChI=1S/C52H31N3S/c1-2-12-33-29-34(22-21-32(33)11-1)53-44-17-7-3-13-37(44)42-30-35(23-26-47(42)53)54-45-18-8-4-14-38(45)43-31-36(24-27-48(43)54)55-46-19-9-5-16-41(46)51-49(55)28-25-40-39-15-6-10-20-50(39)56-52(40)51/h1-31H. The van der Waals surface area contributed by atoms with Crippen LogP contribution in [-0.4, -0.2) is 13.7 Å². The van der Waals surface area contributed by atoms with E-state index in [2.05, 4.69) is 202 Å². The highest BCUT2D eigenvalue weighted by Crippen LogP contribution is 2.44. The number of aromatic nitrogens is 3. The maximum Gasteiger partial charge on any atom is 0.0555 e. The lowest BCUT2D eigenvalue weighted by Crippen LogP contribution is -1.96. The normalized spacial score (nSPS) is 12.3. The van der Waals surface area contributed by atoms with Crippen LogP contribution in [0.3, 0.4) is 0 Å². The first-order chi connectivity index (χ1) is 27.8. The fraction of sp³-hybridized carbons (Fsp3) is 0. The Morgan fingerprint density at radius 3 is 1.43 bits per heavy atom. The molecule has 13 rings (SSSR count). The molecule has 4 heteroatoms. The predicted molar refractivity (Wildman–Crippen MR) is 240 cm³/mol. The number of hydrogen-bond acceptors (Lipinski definition) is 1. The Balaban J connectivity index is 1.04. The molecule has 3 nitrogen and oxygen atoms in total. The van der Waals surface area contributed by atoms with E-state index in [4.69, 9.17) is 0 Å². The van der Waals surface area contributed by atoms with E-state index in [1.165, 1.54) is 108 Å². The quantitative estimate of drug-likeness (QED) is 0.172. The lowest BCUT2D eigenvalue weighted by atomic mass is 10.1. The molecule has 4 aromatic heterocycles. The zero-order valence-electron chi connectivity index (χ0n) is 30.1. The SMILES string of the molecule is c1ccc2cc(-n3c4ccccc4c4cc(-n5c6ccccc6c6cc(-n7c8ccccc8c8c9sc%10ccccc%10c9ccc87)ccc65)ccc43)ccc2c1. The van der Waals surface area contributed by atoms with Crippen LogP contribution in [0, 0.1) is 0 Å². The summed E-state index contributed by atoms with van der Waals surface area (Å²) in [4.78, 5) is 0. The average Bonchev–Trinajstić information content (AvgIpc) is 3.99. The molecule has 13 aromatic rings. The van der Waals surface area contributed by atoms with Gasteiger partial charge in [0.15, 0.2) is 0 Å². The summed E-state index contributed by atoms with van der Waals surface area (Å²) in [6.07, 6.45) is 0. The molecule has 4 heterocycles. The smallest absolute Gasteiger partial charge is 0.0555 e. The van der Waals surface area contributed by atoms with Crippen LogP contribution in [0.15, 0.2) is 188 Å². The van der Waals surface area contributed by atoms with Gasteiger partial charge >= 0.3 is 0 Å². The summed E-state index contributed by atoms with van der Waals surface area (Å²) >= 11 is 1.90. The molecule has 0 aliphatic carbocycles. The third-order valence-electron chi connectivity index (χ3n) is 12.0. The van der Waals surface area contributed by atoms with Gasteiger partial charge in [-0.1, -0.05) is 109 Å². The Hall–Kier alpha value is -7.14. The Bertz CT molecular complexity index is 3780. The molecule has 0 amide bonds. The topological polar surface area (TPSA) is 14.8 Å². The Morgan fingerprint density at radius 2 is 0.750 bits per heavy atom. The second kappa shape index (κ2) is 11.2. The number of benzene rings is 9.